The van der Waals surface area contributed by atoms with Crippen molar-refractivity contribution in [2.75, 3.05) is 39.4 Å². The van der Waals surface area contributed by atoms with Gasteiger partial charge in [-0.05, 0) is 30.0 Å². The van der Waals surface area contributed by atoms with E-state index in [1.807, 2.05) is 4.90 Å². The van der Waals surface area contributed by atoms with Crippen molar-refractivity contribution in [2.45, 2.75) is 51.2 Å². The first kappa shape index (κ1) is 22.1. The number of amides is 1. The van der Waals surface area contributed by atoms with Gasteiger partial charge in [-0.25, -0.2) is 0 Å². The fraction of sp³-hybridized carbons (Fsp3) is 0.682. The molecule has 1 aliphatic heterocycles. The van der Waals surface area contributed by atoms with Gasteiger partial charge in [0.2, 0.25) is 5.91 Å². The topological polar surface area (TPSA) is 32.8 Å². The van der Waals surface area contributed by atoms with Gasteiger partial charge in [0.25, 0.3) is 0 Å². The van der Waals surface area contributed by atoms with Gasteiger partial charge in [0, 0.05) is 39.1 Å². The minimum atomic E-state index is -4.34. The Morgan fingerprint density at radius 2 is 1.76 bits per heavy atom. The van der Waals surface area contributed by atoms with Gasteiger partial charge < -0.3 is 9.64 Å². The van der Waals surface area contributed by atoms with Crippen molar-refractivity contribution in [1.82, 2.24) is 9.80 Å². The van der Waals surface area contributed by atoms with E-state index in [4.69, 9.17) is 4.74 Å². The number of carbonyl (C=O) groups excluding carboxylic acids is 1. The Morgan fingerprint density at radius 1 is 1.10 bits per heavy atom. The van der Waals surface area contributed by atoms with E-state index in [0.717, 1.165) is 43.8 Å². The normalized spacial score (nSPS) is 18.9. The highest BCUT2D eigenvalue weighted by molar-refractivity contribution is 5.76. The molecule has 0 unspecified atom stereocenters. The largest absolute Gasteiger partial charge is 0.416 e. The van der Waals surface area contributed by atoms with Gasteiger partial charge in [0.15, 0.2) is 0 Å². The molecule has 4 nitrogen and oxygen atoms in total. The Bertz CT molecular complexity index is 636. The van der Waals surface area contributed by atoms with Crippen molar-refractivity contribution in [3.8, 4) is 0 Å². The first-order valence-corrected chi connectivity index (χ1v) is 10.7. The Balaban J connectivity index is 1.59. The molecule has 162 valence electrons. The van der Waals surface area contributed by atoms with Crippen LogP contribution in [0.3, 0.4) is 0 Å². The van der Waals surface area contributed by atoms with Gasteiger partial charge >= 0.3 is 6.18 Å². The molecule has 1 heterocycles. The maximum atomic E-state index is 12.9. The molecule has 3 rings (SSSR count). The van der Waals surface area contributed by atoms with Crippen molar-refractivity contribution in [3.05, 3.63) is 35.4 Å². The monoisotopic (exact) mass is 412 g/mol. The molecule has 1 saturated heterocycles. The van der Waals surface area contributed by atoms with Crippen molar-refractivity contribution < 1.29 is 22.7 Å². The summed E-state index contributed by atoms with van der Waals surface area (Å²) < 4.78 is 43.8. The van der Waals surface area contributed by atoms with Crippen LogP contribution in [0.4, 0.5) is 13.2 Å². The zero-order valence-electron chi connectivity index (χ0n) is 16.9. The van der Waals surface area contributed by atoms with E-state index in [1.165, 1.54) is 37.8 Å². The fourth-order valence-electron chi connectivity index (χ4n) is 4.18. The summed E-state index contributed by atoms with van der Waals surface area (Å²) in [6.07, 6.45) is 2.02. The molecule has 0 aromatic heterocycles. The number of benzene rings is 1. The summed E-state index contributed by atoms with van der Waals surface area (Å²) in [7, 11) is 0. The van der Waals surface area contributed by atoms with E-state index in [1.54, 1.807) is 0 Å². The highest BCUT2D eigenvalue weighted by Crippen LogP contribution is 2.30. The molecule has 0 radical (unpaired) electrons. The van der Waals surface area contributed by atoms with E-state index >= 15 is 0 Å². The molecule has 0 bridgehead atoms. The molecule has 1 aromatic carbocycles. The maximum absolute atomic E-state index is 12.9. The predicted octanol–water partition coefficient (Wildman–Crippen LogP) is 4.34. The summed E-state index contributed by atoms with van der Waals surface area (Å²) in [6.45, 7) is 4.81. The summed E-state index contributed by atoms with van der Waals surface area (Å²) in [5, 5.41) is 0. The number of morpholine rings is 1. The van der Waals surface area contributed by atoms with Gasteiger partial charge in [-0.1, -0.05) is 37.8 Å². The van der Waals surface area contributed by atoms with Crippen LogP contribution < -0.4 is 0 Å². The third kappa shape index (κ3) is 7.00. The Morgan fingerprint density at radius 3 is 2.38 bits per heavy atom. The van der Waals surface area contributed by atoms with Crippen LogP contribution in [0, 0.1) is 5.92 Å². The quantitative estimate of drug-likeness (QED) is 0.637. The number of nitrogens with zero attached hydrogens (tertiary/aromatic N) is 2. The van der Waals surface area contributed by atoms with Crippen LogP contribution in [0.25, 0.3) is 0 Å². The van der Waals surface area contributed by atoms with E-state index < -0.39 is 11.7 Å². The van der Waals surface area contributed by atoms with E-state index in [2.05, 4.69) is 4.90 Å². The van der Waals surface area contributed by atoms with Crippen LogP contribution in [-0.2, 0) is 22.3 Å². The Hall–Kier alpha value is -1.60. The zero-order valence-corrected chi connectivity index (χ0v) is 16.9. The minimum absolute atomic E-state index is 0.102. The van der Waals surface area contributed by atoms with Crippen molar-refractivity contribution in [2.24, 2.45) is 5.92 Å². The standard InChI is InChI=1S/C22H31F3N2O2/c23-22(24,25)20-8-5-19(6-9-20)17-27(12-11-26-13-15-29-16-14-26)21(28)10-7-18-3-1-2-4-18/h5-6,8-9,18H,1-4,7,10-17H2. The molecular formula is C22H31F3N2O2. The van der Waals surface area contributed by atoms with Crippen molar-refractivity contribution in [1.29, 1.82) is 0 Å². The maximum Gasteiger partial charge on any atom is 0.416 e. The summed E-state index contributed by atoms with van der Waals surface area (Å²) in [5.41, 5.74) is 0.0721. The molecule has 1 aromatic rings. The number of alkyl halides is 3. The van der Waals surface area contributed by atoms with Gasteiger partial charge in [0.1, 0.15) is 0 Å². The SMILES string of the molecule is O=C(CCC1CCCC1)N(CCN1CCOCC1)Cc1ccc(C(F)(F)F)cc1. The first-order valence-electron chi connectivity index (χ1n) is 10.7. The third-order valence-electron chi connectivity index (χ3n) is 6.04. The molecule has 2 aliphatic rings. The number of hydrogen-bond donors (Lipinski definition) is 0. The van der Waals surface area contributed by atoms with Crippen LogP contribution in [0.5, 0.6) is 0 Å². The molecule has 0 spiro atoms. The third-order valence-corrected chi connectivity index (χ3v) is 6.04. The fourth-order valence-corrected chi connectivity index (χ4v) is 4.18. The van der Waals surface area contributed by atoms with E-state index in [-0.39, 0.29) is 5.91 Å². The summed E-state index contributed by atoms with van der Waals surface area (Å²) in [6, 6.07) is 5.15. The lowest BCUT2D eigenvalue weighted by Gasteiger charge is -2.30. The smallest absolute Gasteiger partial charge is 0.379 e. The molecule has 1 aliphatic carbocycles. The van der Waals surface area contributed by atoms with Crippen LogP contribution in [0.2, 0.25) is 0 Å². The van der Waals surface area contributed by atoms with Crippen LogP contribution in [-0.4, -0.2) is 55.1 Å². The number of halogens is 3. The summed E-state index contributed by atoms with van der Waals surface area (Å²) in [5.74, 6) is 0.746. The lowest BCUT2D eigenvalue weighted by Crippen LogP contribution is -2.42. The van der Waals surface area contributed by atoms with Crippen LogP contribution in [0.1, 0.15) is 49.7 Å². The molecule has 1 amide bonds. The summed E-state index contributed by atoms with van der Waals surface area (Å²) in [4.78, 5) is 17.0. The second-order valence-electron chi connectivity index (χ2n) is 8.15. The van der Waals surface area contributed by atoms with Crippen LogP contribution in [0.15, 0.2) is 24.3 Å². The molecule has 7 heteroatoms. The number of rotatable bonds is 8. The van der Waals surface area contributed by atoms with Gasteiger partial charge in [-0.2, -0.15) is 13.2 Å². The van der Waals surface area contributed by atoms with Crippen molar-refractivity contribution >= 4 is 5.91 Å². The zero-order chi connectivity index (χ0) is 20.7. The number of hydrogen-bond acceptors (Lipinski definition) is 3. The summed E-state index contributed by atoms with van der Waals surface area (Å²) >= 11 is 0. The molecule has 2 fully saturated rings. The van der Waals surface area contributed by atoms with E-state index in [0.29, 0.717) is 38.6 Å². The molecule has 29 heavy (non-hydrogen) atoms. The number of ether oxygens (including phenoxy) is 1. The van der Waals surface area contributed by atoms with E-state index in [9.17, 15) is 18.0 Å². The highest BCUT2D eigenvalue weighted by Gasteiger charge is 2.30. The predicted molar refractivity (Wildman–Crippen MR) is 105 cm³/mol. The average Bonchev–Trinajstić information content (AvgIpc) is 3.23. The van der Waals surface area contributed by atoms with Gasteiger partial charge in [-0.15, -0.1) is 0 Å². The second-order valence-corrected chi connectivity index (χ2v) is 8.15. The van der Waals surface area contributed by atoms with Crippen molar-refractivity contribution in [3.63, 3.8) is 0 Å². The molecule has 0 N–H and O–H groups in total. The Labute approximate surface area is 171 Å². The molecular weight excluding hydrogens is 381 g/mol. The van der Waals surface area contributed by atoms with Crippen LogP contribution >= 0.6 is 0 Å². The second kappa shape index (κ2) is 10.4. The lowest BCUT2D eigenvalue weighted by molar-refractivity contribution is -0.137. The highest BCUT2D eigenvalue weighted by atomic mass is 19.4. The number of carbonyl (C=O) groups is 1. The molecule has 1 saturated carbocycles. The van der Waals surface area contributed by atoms with Gasteiger partial charge in [-0.3, -0.25) is 9.69 Å². The molecule has 0 atom stereocenters. The minimum Gasteiger partial charge on any atom is -0.379 e. The first-order chi connectivity index (χ1) is 13.9. The Kier molecular flexibility index (Phi) is 7.95. The van der Waals surface area contributed by atoms with Gasteiger partial charge in [0.05, 0.1) is 18.8 Å². The average molecular weight is 412 g/mol. The lowest BCUT2D eigenvalue weighted by atomic mass is 10.0.